The number of rotatable bonds is 5. The lowest BCUT2D eigenvalue weighted by atomic mass is 10.1. The summed E-state index contributed by atoms with van der Waals surface area (Å²) < 4.78 is 0. The first-order valence-electron chi connectivity index (χ1n) is 7.33. The number of ketones is 1. The highest BCUT2D eigenvalue weighted by Gasteiger charge is 2.05. The second-order valence-corrected chi connectivity index (χ2v) is 6.13. The van der Waals surface area contributed by atoms with Crippen molar-refractivity contribution in [2.75, 3.05) is 0 Å². The van der Waals surface area contributed by atoms with Crippen molar-refractivity contribution in [2.45, 2.75) is 0 Å². The Morgan fingerprint density at radius 1 is 0.875 bits per heavy atom. The van der Waals surface area contributed by atoms with Gasteiger partial charge in [0.05, 0.1) is 5.56 Å². The minimum Gasteiger partial charge on any atom is -0.478 e. The maximum atomic E-state index is 12.1. The van der Waals surface area contributed by atoms with Gasteiger partial charge >= 0.3 is 5.97 Å². The van der Waals surface area contributed by atoms with E-state index >= 15 is 0 Å². The van der Waals surface area contributed by atoms with Crippen molar-refractivity contribution in [3.8, 4) is 10.4 Å². The van der Waals surface area contributed by atoms with Crippen LogP contribution in [0.15, 0.2) is 72.1 Å². The minimum absolute atomic E-state index is 0.158. The van der Waals surface area contributed by atoms with Gasteiger partial charge in [0.1, 0.15) is 0 Å². The Bertz CT molecular complexity index is 874. The van der Waals surface area contributed by atoms with Crippen LogP contribution in [0.5, 0.6) is 0 Å². The average molecular weight is 334 g/mol. The standard InChI is InChI=1S/C20H14O3S/c21-18(15-8-10-17(11-9-15)20(22)23)12-5-14-3-6-16(7-4-14)19-2-1-13-24-19/h1-13H,(H,22,23)/b12-5+. The van der Waals surface area contributed by atoms with Crippen molar-refractivity contribution in [1.29, 1.82) is 0 Å². The van der Waals surface area contributed by atoms with E-state index in [-0.39, 0.29) is 11.3 Å². The van der Waals surface area contributed by atoms with Gasteiger partial charge in [-0.25, -0.2) is 4.79 Å². The fourth-order valence-electron chi connectivity index (χ4n) is 2.25. The Hall–Kier alpha value is -2.98. The Morgan fingerprint density at radius 3 is 2.12 bits per heavy atom. The molecule has 118 valence electrons. The lowest BCUT2D eigenvalue weighted by Gasteiger charge is -1.99. The molecule has 1 aromatic heterocycles. The lowest BCUT2D eigenvalue weighted by Crippen LogP contribution is -1.98. The van der Waals surface area contributed by atoms with E-state index in [1.807, 2.05) is 35.7 Å². The molecule has 0 saturated carbocycles. The van der Waals surface area contributed by atoms with Crippen LogP contribution in [0, 0.1) is 0 Å². The van der Waals surface area contributed by atoms with Gasteiger partial charge in [0.25, 0.3) is 0 Å². The third-order valence-electron chi connectivity index (χ3n) is 3.56. The molecule has 0 amide bonds. The summed E-state index contributed by atoms with van der Waals surface area (Å²) in [6.45, 7) is 0. The summed E-state index contributed by atoms with van der Waals surface area (Å²) in [4.78, 5) is 24.1. The number of carbonyl (C=O) groups excluding carboxylic acids is 1. The van der Waals surface area contributed by atoms with Gasteiger partial charge in [-0.1, -0.05) is 48.5 Å². The summed E-state index contributed by atoms with van der Waals surface area (Å²) in [6, 6.07) is 18.0. The van der Waals surface area contributed by atoms with Crippen LogP contribution in [0.4, 0.5) is 0 Å². The predicted molar refractivity (Wildman–Crippen MR) is 96.5 cm³/mol. The number of hydrogen-bond acceptors (Lipinski definition) is 3. The highest BCUT2D eigenvalue weighted by Crippen LogP contribution is 2.24. The fourth-order valence-corrected chi connectivity index (χ4v) is 2.98. The Labute approximate surface area is 143 Å². The number of carboxylic acid groups (broad SMARTS) is 1. The number of allylic oxidation sites excluding steroid dienone is 1. The van der Waals surface area contributed by atoms with E-state index in [2.05, 4.69) is 6.07 Å². The smallest absolute Gasteiger partial charge is 0.335 e. The van der Waals surface area contributed by atoms with Crippen LogP contribution in [0.3, 0.4) is 0 Å². The number of aromatic carboxylic acids is 1. The van der Waals surface area contributed by atoms with Gasteiger partial charge in [0, 0.05) is 10.4 Å². The van der Waals surface area contributed by atoms with Gasteiger partial charge in [-0.2, -0.15) is 0 Å². The fraction of sp³-hybridized carbons (Fsp3) is 0. The number of carboxylic acids is 1. The number of benzene rings is 2. The summed E-state index contributed by atoms with van der Waals surface area (Å²) in [5, 5.41) is 10.9. The normalized spacial score (nSPS) is 10.8. The van der Waals surface area contributed by atoms with Crippen molar-refractivity contribution >= 4 is 29.2 Å². The number of hydrogen-bond donors (Lipinski definition) is 1. The van der Waals surface area contributed by atoms with E-state index in [1.54, 1.807) is 17.4 Å². The van der Waals surface area contributed by atoms with Gasteiger partial charge in [-0.05, 0) is 40.8 Å². The summed E-state index contributed by atoms with van der Waals surface area (Å²) in [5.74, 6) is -1.16. The topological polar surface area (TPSA) is 54.4 Å². The van der Waals surface area contributed by atoms with E-state index in [0.717, 1.165) is 11.1 Å². The highest BCUT2D eigenvalue weighted by molar-refractivity contribution is 7.13. The molecule has 0 unspecified atom stereocenters. The minimum atomic E-state index is -1.00. The molecule has 3 nitrogen and oxygen atoms in total. The molecule has 0 aliphatic heterocycles. The first-order valence-corrected chi connectivity index (χ1v) is 8.21. The maximum Gasteiger partial charge on any atom is 0.335 e. The molecule has 0 aliphatic carbocycles. The molecule has 0 fully saturated rings. The van der Waals surface area contributed by atoms with E-state index in [4.69, 9.17) is 5.11 Å². The van der Waals surface area contributed by atoms with E-state index in [1.165, 1.54) is 35.2 Å². The molecular formula is C20H14O3S. The third kappa shape index (κ3) is 3.67. The Kier molecular flexibility index (Phi) is 4.68. The predicted octanol–water partition coefficient (Wildman–Crippen LogP) is 5.01. The molecule has 24 heavy (non-hydrogen) atoms. The molecule has 3 aromatic rings. The zero-order valence-electron chi connectivity index (χ0n) is 12.7. The van der Waals surface area contributed by atoms with E-state index in [0.29, 0.717) is 5.56 Å². The van der Waals surface area contributed by atoms with Gasteiger partial charge in [-0.3, -0.25) is 4.79 Å². The summed E-state index contributed by atoms with van der Waals surface area (Å²) in [5.41, 5.74) is 2.72. The van der Waals surface area contributed by atoms with Crippen LogP contribution in [0.1, 0.15) is 26.3 Å². The van der Waals surface area contributed by atoms with Crippen LogP contribution in [-0.2, 0) is 0 Å². The molecule has 0 atom stereocenters. The third-order valence-corrected chi connectivity index (χ3v) is 4.48. The van der Waals surface area contributed by atoms with E-state index < -0.39 is 5.97 Å². The van der Waals surface area contributed by atoms with Crippen molar-refractivity contribution < 1.29 is 14.7 Å². The zero-order chi connectivity index (χ0) is 16.9. The van der Waals surface area contributed by atoms with Crippen LogP contribution >= 0.6 is 11.3 Å². The first-order chi connectivity index (χ1) is 11.6. The second kappa shape index (κ2) is 7.06. The maximum absolute atomic E-state index is 12.1. The van der Waals surface area contributed by atoms with Gasteiger partial charge in [0.2, 0.25) is 0 Å². The Morgan fingerprint density at radius 2 is 1.54 bits per heavy atom. The van der Waals surface area contributed by atoms with Crippen LogP contribution in [0.25, 0.3) is 16.5 Å². The Balaban J connectivity index is 1.70. The van der Waals surface area contributed by atoms with Gasteiger partial charge < -0.3 is 5.11 Å². The molecular weight excluding hydrogens is 320 g/mol. The lowest BCUT2D eigenvalue weighted by molar-refractivity contribution is 0.0696. The number of thiophene rings is 1. The highest BCUT2D eigenvalue weighted by atomic mass is 32.1. The molecule has 0 spiro atoms. The molecule has 4 heteroatoms. The summed E-state index contributed by atoms with van der Waals surface area (Å²) in [6.07, 6.45) is 3.25. The largest absolute Gasteiger partial charge is 0.478 e. The molecule has 3 rings (SSSR count). The average Bonchev–Trinajstić information content (AvgIpc) is 3.15. The van der Waals surface area contributed by atoms with Crippen molar-refractivity contribution in [3.63, 3.8) is 0 Å². The molecule has 0 saturated heterocycles. The van der Waals surface area contributed by atoms with Gasteiger partial charge in [-0.15, -0.1) is 11.3 Å². The molecule has 1 heterocycles. The molecule has 0 aliphatic rings. The molecule has 1 N–H and O–H groups in total. The second-order valence-electron chi connectivity index (χ2n) is 5.18. The SMILES string of the molecule is O=C(O)c1ccc(C(=O)/C=C/c2ccc(-c3cccs3)cc2)cc1. The quantitative estimate of drug-likeness (QED) is 0.527. The monoisotopic (exact) mass is 334 g/mol. The molecule has 2 aromatic carbocycles. The summed E-state index contributed by atoms with van der Waals surface area (Å²) in [7, 11) is 0. The van der Waals surface area contributed by atoms with E-state index in [9.17, 15) is 9.59 Å². The van der Waals surface area contributed by atoms with Crippen LogP contribution < -0.4 is 0 Å². The van der Waals surface area contributed by atoms with Crippen molar-refractivity contribution in [3.05, 3.63) is 88.8 Å². The van der Waals surface area contributed by atoms with Crippen molar-refractivity contribution in [1.82, 2.24) is 0 Å². The number of carbonyl (C=O) groups is 2. The zero-order valence-corrected chi connectivity index (χ0v) is 13.5. The molecule has 0 radical (unpaired) electrons. The molecule has 0 bridgehead atoms. The van der Waals surface area contributed by atoms with Gasteiger partial charge in [0.15, 0.2) is 5.78 Å². The first kappa shape index (κ1) is 15.9. The van der Waals surface area contributed by atoms with Crippen LogP contribution in [0.2, 0.25) is 0 Å². The van der Waals surface area contributed by atoms with Crippen molar-refractivity contribution in [2.24, 2.45) is 0 Å². The van der Waals surface area contributed by atoms with Crippen LogP contribution in [-0.4, -0.2) is 16.9 Å². The summed E-state index contributed by atoms with van der Waals surface area (Å²) >= 11 is 1.69.